The van der Waals surface area contributed by atoms with E-state index in [1.54, 1.807) is 24.3 Å². The lowest BCUT2D eigenvalue weighted by Gasteiger charge is -2.36. The van der Waals surface area contributed by atoms with Gasteiger partial charge in [0.15, 0.2) is 5.78 Å². The SMILES string of the molecule is CC1(C)CC(=O)C2=C(C1)OC(N)=C(C#N)C2c1ccc(-c2cccc(C(=O)O)c2)o1. The van der Waals surface area contributed by atoms with Crippen molar-refractivity contribution in [3.63, 3.8) is 0 Å². The average molecular weight is 404 g/mol. The zero-order valence-corrected chi connectivity index (χ0v) is 16.6. The maximum Gasteiger partial charge on any atom is 0.335 e. The fourth-order valence-corrected chi connectivity index (χ4v) is 4.04. The molecule has 0 saturated carbocycles. The number of hydrogen-bond donors (Lipinski definition) is 2. The van der Waals surface area contributed by atoms with Crippen molar-refractivity contribution in [1.82, 2.24) is 0 Å². The van der Waals surface area contributed by atoms with E-state index in [1.807, 2.05) is 13.8 Å². The van der Waals surface area contributed by atoms with E-state index >= 15 is 0 Å². The molecule has 0 bridgehead atoms. The Morgan fingerprint density at radius 2 is 2.03 bits per heavy atom. The summed E-state index contributed by atoms with van der Waals surface area (Å²) in [6.45, 7) is 3.96. The highest BCUT2D eigenvalue weighted by molar-refractivity contribution is 6.00. The molecule has 1 unspecified atom stereocenters. The molecule has 152 valence electrons. The van der Waals surface area contributed by atoms with Gasteiger partial charge in [-0.3, -0.25) is 4.79 Å². The minimum atomic E-state index is -1.04. The van der Waals surface area contributed by atoms with Gasteiger partial charge in [0.1, 0.15) is 28.9 Å². The van der Waals surface area contributed by atoms with Gasteiger partial charge in [0.2, 0.25) is 5.88 Å². The third-order valence-electron chi connectivity index (χ3n) is 5.38. The zero-order valence-electron chi connectivity index (χ0n) is 16.6. The number of rotatable bonds is 3. The zero-order chi connectivity index (χ0) is 21.6. The van der Waals surface area contributed by atoms with Crippen LogP contribution in [0.15, 0.2) is 63.6 Å². The predicted octanol–water partition coefficient (Wildman–Crippen LogP) is 4.10. The van der Waals surface area contributed by atoms with Crippen LogP contribution in [0.1, 0.15) is 48.7 Å². The molecule has 7 nitrogen and oxygen atoms in total. The summed E-state index contributed by atoms with van der Waals surface area (Å²) >= 11 is 0. The number of Topliss-reactive ketones (excluding diaryl/α,β-unsaturated/α-hetero) is 1. The first kappa shape index (κ1) is 19.5. The van der Waals surface area contributed by atoms with Crippen molar-refractivity contribution in [2.24, 2.45) is 11.1 Å². The lowest BCUT2D eigenvalue weighted by Crippen LogP contribution is -2.33. The summed E-state index contributed by atoms with van der Waals surface area (Å²) in [6, 6.07) is 11.8. The second-order valence-corrected chi connectivity index (χ2v) is 8.29. The van der Waals surface area contributed by atoms with Gasteiger partial charge in [0.25, 0.3) is 0 Å². The van der Waals surface area contributed by atoms with Gasteiger partial charge in [-0.1, -0.05) is 26.0 Å². The van der Waals surface area contributed by atoms with Gasteiger partial charge in [-0.2, -0.15) is 5.26 Å². The summed E-state index contributed by atoms with van der Waals surface area (Å²) in [4.78, 5) is 24.2. The minimum Gasteiger partial charge on any atom is -0.478 e. The van der Waals surface area contributed by atoms with E-state index in [0.29, 0.717) is 41.3 Å². The molecular formula is C23H20N2O5. The predicted molar refractivity (Wildman–Crippen MR) is 107 cm³/mol. The van der Waals surface area contributed by atoms with E-state index in [-0.39, 0.29) is 28.2 Å². The number of carbonyl (C=O) groups excluding carboxylic acids is 1. The second kappa shape index (κ2) is 6.92. The highest BCUT2D eigenvalue weighted by Crippen LogP contribution is 2.48. The molecule has 1 aromatic heterocycles. The number of nitrogens with zero attached hydrogens (tertiary/aromatic N) is 1. The van der Waals surface area contributed by atoms with Gasteiger partial charge in [0, 0.05) is 24.0 Å². The highest BCUT2D eigenvalue weighted by Gasteiger charge is 2.44. The molecule has 0 saturated heterocycles. The number of allylic oxidation sites excluding steroid dienone is 3. The van der Waals surface area contributed by atoms with Crippen LogP contribution < -0.4 is 5.73 Å². The van der Waals surface area contributed by atoms with Crippen LogP contribution >= 0.6 is 0 Å². The third kappa shape index (κ3) is 3.26. The van der Waals surface area contributed by atoms with Crippen molar-refractivity contribution in [3.05, 3.63) is 70.5 Å². The van der Waals surface area contributed by atoms with Crippen LogP contribution in [0.25, 0.3) is 11.3 Å². The Morgan fingerprint density at radius 1 is 1.27 bits per heavy atom. The van der Waals surface area contributed by atoms with E-state index in [2.05, 4.69) is 6.07 Å². The average Bonchev–Trinajstić information content (AvgIpc) is 3.16. The summed E-state index contributed by atoms with van der Waals surface area (Å²) in [5, 5.41) is 18.9. The molecule has 4 rings (SSSR count). The Labute approximate surface area is 173 Å². The quantitative estimate of drug-likeness (QED) is 0.788. The van der Waals surface area contributed by atoms with Crippen LogP contribution in [0, 0.1) is 16.7 Å². The topological polar surface area (TPSA) is 127 Å². The lowest BCUT2D eigenvalue weighted by atomic mass is 9.71. The lowest BCUT2D eigenvalue weighted by molar-refractivity contribution is -0.119. The van der Waals surface area contributed by atoms with Gasteiger partial charge in [-0.05, 0) is 29.7 Å². The van der Waals surface area contributed by atoms with E-state index in [1.165, 1.54) is 12.1 Å². The van der Waals surface area contributed by atoms with E-state index in [0.717, 1.165) is 0 Å². The van der Waals surface area contributed by atoms with Gasteiger partial charge in [0.05, 0.1) is 11.5 Å². The van der Waals surface area contributed by atoms with Crippen LogP contribution in [0.5, 0.6) is 0 Å². The van der Waals surface area contributed by atoms with Gasteiger partial charge < -0.3 is 20.0 Å². The minimum absolute atomic E-state index is 0.0300. The molecule has 2 aliphatic rings. The monoisotopic (exact) mass is 404 g/mol. The molecule has 0 amide bonds. The van der Waals surface area contributed by atoms with Crippen LogP contribution in [0.3, 0.4) is 0 Å². The molecule has 0 fully saturated rings. The standard InChI is InChI=1S/C23H20N2O5/c1-23(2)9-15(26)20-18(10-23)30-21(25)14(11-24)19(20)17-7-6-16(29-17)12-4-3-5-13(8-12)22(27)28/h3-8,19H,9-10,25H2,1-2H3,(H,27,28). The second-order valence-electron chi connectivity index (χ2n) is 8.29. The summed E-state index contributed by atoms with van der Waals surface area (Å²) in [5.74, 6) is -0.631. The number of carboxylic acids is 1. The number of aromatic carboxylic acids is 1. The highest BCUT2D eigenvalue weighted by atomic mass is 16.5. The number of ether oxygens (including phenoxy) is 1. The summed E-state index contributed by atoms with van der Waals surface area (Å²) in [6.07, 6.45) is 0.858. The Bertz CT molecular complexity index is 1180. The van der Waals surface area contributed by atoms with Crippen molar-refractivity contribution < 1.29 is 23.8 Å². The number of hydrogen-bond acceptors (Lipinski definition) is 6. The number of carboxylic acid groups (broad SMARTS) is 1. The van der Waals surface area contributed by atoms with Gasteiger partial charge in [-0.25, -0.2) is 4.79 Å². The van der Waals surface area contributed by atoms with Crippen LogP contribution in [-0.2, 0) is 9.53 Å². The normalized spacial score (nSPS) is 20.4. The number of nitriles is 1. The van der Waals surface area contributed by atoms with Gasteiger partial charge >= 0.3 is 5.97 Å². The van der Waals surface area contributed by atoms with Crippen LogP contribution in [-0.4, -0.2) is 16.9 Å². The molecule has 1 aromatic carbocycles. The molecule has 1 aliphatic carbocycles. The van der Waals surface area contributed by atoms with Crippen LogP contribution in [0.2, 0.25) is 0 Å². The molecular weight excluding hydrogens is 384 g/mol. The van der Waals surface area contributed by atoms with Gasteiger partial charge in [-0.15, -0.1) is 0 Å². The van der Waals surface area contributed by atoms with E-state index in [4.69, 9.17) is 14.9 Å². The van der Waals surface area contributed by atoms with Crippen LogP contribution in [0.4, 0.5) is 0 Å². The van der Waals surface area contributed by atoms with E-state index in [9.17, 15) is 20.0 Å². The Balaban J connectivity index is 1.80. The van der Waals surface area contributed by atoms with E-state index < -0.39 is 11.9 Å². The molecule has 1 atom stereocenters. The first-order valence-electron chi connectivity index (χ1n) is 9.47. The summed E-state index contributed by atoms with van der Waals surface area (Å²) in [5.41, 5.74) is 6.98. The molecule has 30 heavy (non-hydrogen) atoms. The van der Waals surface area contributed by atoms with Crippen molar-refractivity contribution in [3.8, 4) is 17.4 Å². The summed E-state index contributed by atoms with van der Waals surface area (Å²) < 4.78 is 11.7. The molecule has 2 aromatic rings. The number of ketones is 1. The molecule has 3 N–H and O–H groups in total. The van der Waals surface area contributed by atoms with Crippen molar-refractivity contribution in [2.75, 3.05) is 0 Å². The Kier molecular flexibility index (Phi) is 4.50. The first-order valence-corrected chi connectivity index (χ1v) is 9.47. The van der Waals surface area contributed by atoms with Crippen molar-refractivity contribution in [1.29, 1.82) is 5.26 Å². The number of furan rings is 1. The first-order chi connectivity index (χ1) is 14.2. The van der Waals surface area contributed by atoms with Crippen molar-refractivity contribution in [2.45, 2.75) is 32.6 Å². The maximum absolute atomic E-state index is 13.0. The molecule has 7 heteroatoms. The fourth-order valence-electron chi connectivity index (χ4n) is 4.04. The molecule has 0 radical (unpaired) electrons. The maximum atomic E-state index is 13.0. The Hall–Kier alpha value is -3.79. The molecule has 0 spiro atoms. The number of carbonyl (C=O) groups is 2. The summed E-state index contributed by atoms with van der Waals surface area (Å²) in [7, 11) is 0. The fraction of sp³-hybridized carbons (Fsp3) is 0.261. The number of nitrogens with two attached hydrogens (primary N) is 1. The molecule has 2 heterocycles. The smallest absolute Gasteiger partial charge is 0.335 e. The Morgan fingerprint density at radius 3 is 2.73 bits per heavy atom. The largest absolute Gasteiger partial charge is 0.478 e. The number of benzene rings is 1. The third-order valence-corrected chi connectivity index (χ3v) is 5.38. The molecule has 1 aliphatic heterocycles. The van der Waals surface area contributed by atoms with Crippen molar-refractivity contribution >= 4 is 11.8 Å².